The number of para-hydroxylation sites is 1. The molecule has 3 aromatic rings. The molecule has 0 radical (unpaired) electrons. The van der Waals surface area contributed by atoms with Crippen LogP contribution in [0.3, 0.4) is 0 Å². The highest BCUT2D eigenvalue weighted by atomic mass is 16.5. The molecule has 21 heavy (non-hydrogen) atoms. The van der Waals surface area contributed by atoms with Gasteiger partial charge in [0.1, 0.15) is 5.75 Å². The van der Waals surface area contributed by atoms with E-state index < -0.39 is 0 Å². The molecule has 0 heterocycles. The van der Waals surface area contributed by atoms with Gasteiger partial charge in [-0.15, -0.1) is 0 Å². The van der Waals surface area contributed by atoms with Gasteiger partial charge >= 0.3 is 5.97 Å². The summed E-state index contributed by atoms with van der Waals surface area (Å²) < 4.78 is 5.31. The van der Waals surface area contributed by atoms with E-state index in [4.69, 9.17) is 4.74 Å². The fourth-order valence-electron chi connectivity index (χ4n) is 2.08. The minimum atomic E-state index is -0.346. The fraction of sp³-hybridized carbons (Fsp3) is 0. The summed E-state index contributed by atoms with van der Waals surface area (Å²) in [5.41, 5.74) is 2.74. The lowest BCUT2D eigenvalue weighted by Crippen LogP contribution is -2.08. The molecule has 0 N–H and O–H groups in total. The molecule has 0 unspecified atom stereocenters. The molecular weight excluding hydrogens is 260 g/mol. The Morgan fingerprint density at radius 3 is 1.76 bits per heavy atom. The molecule has 2 heteroatoms. The lowest BCUT2D eigenvalue weighted by Gasteiger charge is -2.05. The van der Waals surface area contributed by atoms with Crippen molar-refractivity contribution in [1.82, 2.24) is 0 Å². The molecule has 0 fully saturated rings. The topological polar surface area (TPSA) is 26.3 Å². The lowest BCUT2D eigenvalue weighted by molar-refractivity contribution is 0.0735. The van der Waals surface area contributed by atoms with Crippen molar-refractivity contribution in [1.29, 1.82) is 0 Å². The van der Waals surface area contributed by atoms with Crippen LogP contribution in [0.25, 0.3) is 11.1 Å². The van der Waals surface area contributed by atoms with Crippen molar-refractivity contribution in [2.75, 3.05) is 0 Å². The summed E-state index contributed by atoms with van der Waals surface area (Å²) in [7, 11) is 0. The zero-order chi connectivity index (χ0) is 14.5. The number of rotatable bonds is 3. The van der Waals surface area contributed by atoms with Crippen LogP contribution in [0.4, 0.5) is 0 Å². The van der Waals surface area contributed by atoms with E-state index in [9.17, 15) is 4.79 Å². The SMILES string of the molecule is O=C(Oc1ccccc1)c1ccc(-c2ccccc2)cc1. The van der Waals surface area contributed by atoms with Crippen LogP contribution in [0.5, 0.6) is 5.75 Å². The van der Waals surface area contributed by atoms with Crippen LogP contribution >= 0.6 is 0 Å². The van der Waals surface area contributed by atoms with E-state index >= 15 is 0 Å². The highest BCUT2D eigenvalue weighted by Crippen LogP contribution is 2.20. The molecule has 0 saturated heterocycles. The van der Waals surface area contributed by atoms with Gasteiger partial charge < -0.3 is 4.74 Å². The summed E-state index contributed by atoms with van der Waals surface area (Å²) >= 11 is 0. The number of carbonyl (C=O) groups excluding carboxylic acids is 1. The second kappa shape index (κ2) is 6.06. The summed E-state index contributed by atoms with van der Waals surface area (Å²) in [5, 5.41) is 0. The maximum Gasteiger partial charge on any atom is 0.343 e. The fourth-order valence-corrected chi connectivity index (χ4v) is 2.08. The first-order chi connectivity index (χ1) is 10.3. The zero-order valence-electron chi connectivity index (χ0n) is 11.4. The second-order valence-corrected chi connectivity index (χ2v) is 4.65. The molecule has 0 spiro atoms. The first kappa shape index (κ1) is 13.1. The van der Waals surface area contributed by atoms with Gasteiger partial charge in [0.15, 0.2) is 0 Å². The van der Waals surface area contributed by atoms with Crippen molar-refractivity contribution in [2.24, 2.45) is 0 Å². The predicted octanol–water partition coefficient (Wildman–Crippen LogP) is 4.57. The van der Waals surface area contributed by atoms with Gasteiger partial charge in [-0.05, 0) is 35.4 Å². The number of esters is 1. The van der Waals surface area contributed by atoms with E-state index in [1.165, 1.54) is 0 Å². The third-order valence-electron chi connectivity index (χ3n) is 3.18. The average Bonchev–Trinajstić information content (AvgIpc) is 2.57. The molecule has 0 bridgehead atoms. The molecule has 0 saturated carbocycles. The second-order valence-electron chi connectivity index (χ2n) is 4.65. The van der Waals surface area contributed by atoms with Crippen molar-refractivity contribution < 1.29 is 9.53 Å². The quantitative estimate of drug-likeness (QED) is 0.516. The largest absolute Gasteiger partial charge is 0.423 e. The van der Waals surface area contributed by atoms with Crippen LogP contribution in [-0.4, -0.2) is 5.97 Å². The standard InChI is InChI=1S/C19H14O2/c20-19(21-18-9-5-2-6-10-18)17-13-11-16(12-14-17)15-7-3-1-4-8-15/h1-14H. The minimum absolute atomic E-state index is 0.346. The van der Waals surface area contributed by atoms with E-state index in [1.54, 1.807) is 24.3 Å². The van der Waals surface area contributed by atoms with Crippen molar-refractivity contribution in [3.05, 3.63) is 90.5 Å². The Balaban J connectivity index is 1.77. The molecule has 0 aliphatic carbocycles. The van der Waals surface area contributed by atoms with Gasteiger partial charge in [-0.25, -0.2) is 4.79 Å². The van der Waals surface area contributed by atoms with E-state index in [-0.39, 0.29) is 5.97 Å². The third kappa shape index (κ3) is 3.18. The summed E-state index contributed by atoms with van der Waals surface area (Å²) in [4.78, 5) is 12.0. The van der Waals surface area contributed by atoms with E-state index in [0.717, 1.165) is 11.1 Å². The van der Waals surface area contributed by atoms with Crippen molar-refractivity contribution in [2.45, 2.75) is 0 Å². The van der Waals surface area contributed by atoms with Crippen LogP contribution in [0.1, 0.15) is 10.4 Å². The van der Waals surface area contributed by atoms with Crippen molar-refractivity contribution in [3.63, 3.8) is 0 Å². The van der Waals surface area contributed by atoms with Gasteiger partial charge in [0, 0.05) is 0 Å². The molecule has 0 aromatic heterocycles. The molecule has 0 aliphatic heterocycles. The van der Waals surface area contributed by atoms with Crippen LogP contribution in [0.15, 0.2) is 84.9 Å². The first-order valence-corrected chi connectivity index (χ1v) is 6.76. The lowest BCUT2D eigenvalue weighted by atomic mass is 10.0. The van der Waals surface area contributed by atoms with E-state index in [0.29, 0.717) is 11.3 Å². The zero-order valence-corrected chi connectivity index (χ0v) is 11.4. The molecule has 3 rings (SSSR count). The molecule has 0 aliphatic rings. The first-order valence-electron chi connectivity index (χ1n) is 6.76. The van der Waals surface area contributed by atoms with Gasteiger partial charge in [0.2, 0.25) is 0 Å². The molecule has 2 nitrogen and oxygen atoms in total. The van der Waals surface area contributed by atoms with Crippen molar-refractivity contribution in [3.8, 4) is 16.9 Å². The smallest absolute Gasteiger partial charge is 0.343 e. The van der Waals surface area contributed by atoms with Gasteiger partial charge in [0.05, 0.1) is 5.56 Å². The minimum Gasteiger partial charge on any atom is -0.423 e. The maximum atomic E-state index is 12.0. The Morgan fingerprint density at radius 2 is 1.14 bits per heavy atom. The Kier molecular flexibility index (Phi) is 3.79. The van der Waals surface area contributed by atoms with Gasteiger partial charge in [-0.3, -0.25) is 0 Å². The summed E-state index contributed by atoms with van der Waals surface area (Å²) in [6.45, 7) is 0. The summed E-state index contributed by atoms with van der Waals surface area (Å²) in [6.07, 6.45) is 0. The Labute approximate surface area is 123 Å². The van der Waals surface area contributed by atoms with Crippen LogP contribution < -0.4 is 4.74 Å². The monoisotopic (exact) mass is 274 g/mol. The molecular formula is C19H14O2. The van der Waals surface area contributed by atoms with E-state index in [2.05, 4.69) is 0 Å². The van der Waals surface area contributed by atoms with Crippen LogP contribution in [0.2, 0.25) is 0 Å². The number of ether oxygens (including phenoxy) is 1. The number of hydrogen-bond donors (Lipinski definition) is 0. The van der Waals surface area contributed by atoms with Gasteiger partial charge in [0.25, 0.3) is 0 Å². The Bertz CT molecular complexity index is 717. The molecule has 0 amide bonds. The number of hydrogen-bond acceptors (Lipinski definition) is 2. The Hall–Kier alpha value is -2.87. The van der Waals surface area contributed by atoms with Crippen LogP contribution in [0, 0.1) is 0 Å². The Morgan fingerprint density at radius 1 is 0.619 bits per heavy atom. The van der Waals surface area contributed by atoms with Crippen molar-refractivity contribution >= 4 is 5.97 Å². The average molecular weight is 274 g/mol. The van der Waals surface area contributed by atoms with Crippen LogP contribution in [-0.2, 0) is 0 Å². The van der Waals surface area contributed by atoms with E-state index in [1.807, 2.05) is 60.7 Å². The maximum absolute atomic E-state index is 12.0. The summed E-state index contributed by atoms with van der Waals surface area (Å²) in [6, 6.07) is 26.5. The number of carbonyl (C=O) groups is 1. The van der Waals surface area contributed by atoms with Gasteiger partial charge in [-0.2, -0.15) is 0 Å². The van der Waals surface area contributed by atoms with Gasteiger partial charge in [-0.1, -0.05) is 60.7 Å². The highest BCUT2D eigenvalue weighted by Gasteiger charge is 2.08. The molecule has 0 atom stereocenters. The highest BCUT2D eigenvalue weighted by molar-refractivity contribution is 5.91. The molecule has 3 aromatic carbocycles. The third-order valence-corrected chi connectivity index (χ3v) is 3.18. The number of benzene rings is 3. The normalized spacial score (nSPS) is 10.1. The molecule has 102 valence electrons. The summed E-state index contributed by atoms with van der Waals surface area (Å²) in [5.74, 6) is 0.204. The predicted molar refractivity (Wildman–Crippen MR) is 83.3 cm³/mol.